The van der Waals surface area contributed by atoms with E-state index in [0.29, 0.717) is 19.4 Å². The smallest absolute Gasteiger partial charge is 0.240 e. The molecule has 0 spiro atoms. The van der Waals surface area contributed by atoms with Crippen molar-refractivity contribution >= 4 is 5.91 Å². The molecule has 0 unspecified atom stereocenters. The fourth-order valence-electron chi connectivity index (χ4n) is 1.77. The van der Waals surface area contributed by atoms with E-state index >= 15 is 0 Å². The van der Waals surface area contributed by atoms with Crippen LogP contribution in [-0.4, -0.2) is 16.6 Å². The normalized spacial score (nSPS) is 11.3. The molecule has 0 bridgehead atoms. The third kappa shape index (κ3) is 3.55. The molecular formula is C14H22N2O2. The maximum Gasteiger partial charge on any atom is 0.240 e. The Kier molecular flexibility index (Phi) is 5.31. The number of hydrogen-bond acceptors (Lipinski definition) is 3. The largest absolute Gasteiger partial charge is 0.392 e. The topological polar surface area (TPSA) is 75.4 Å². The number of benzene rings is 1. The zero-order valence-corrected chi connectivity index (χ0v) is 11.1. The van der Waals surface area contributed by atoms with E-state index < -0.39 is 5.54 Å². The predicted molar refractivity (Wildman–Crippen MR) is 71.7 cm³/mol. The predicted octanol–water partition coefficient (Wildman–Crippen LogP) is 1.31. The van der Waals surface area contributed by atoms with Crippen LogP contribution in [0.1, 0.15) is 37.8 Å². The highest BCUT2D eigenvalue weighted by atomic mass is 16.3. The first-order valence-corrected chi connectivity index (χ1v) is 6.31. The molecule has 0 heterocycles. The van der Waals surface area contributed by atoms with Gasteiger partial charge in [-0.2, -0.15) is 0 Å². The quantitative estimate of drug-likeness (QED) is 0.712. The standard InChI is InChI=1S/C14H22N2O2/c1-3-14(15,4-2)13(18)16-9-11-6-5-7-12(8-11)10-17/h5-8,17H,3-4,9-10,15H2,1-2H3,(H,16,18). The van der Waals surface area contributed by atoms with Crippen LogP contribution in [0.4, 0.5) is 0 Å². The summed E-state index contributed by atoms with van der Waals surface area (Å²) in [5.74, 6) is -0.123. The molecule has 100 valence electrons. The zero-order valence-electron chi connectivity index (χ0n) is 11.1. The summed E-state index contributed by atoms with van der Waals surface area (Å²) in [4.78, 5) is 12.0. The van der Waals surface area contributed by atoms with Gasteiger partial charge in [-0.3, -0.25) is 4.79 Å². The molecule has 4 heteroatoms. The Morgan fingerprint density at radius 1 is 1.33 bits per heavy atom. The molecule has 0 aliphatic carbocycles. The van der Waals surface area contributed by atoms with Crippen LogP contribution < -0.4 is 11.1 Å². The summed E-state index contributed by atoms with van der Waals surface area (Å²) in [7, 11) is 0. The molecule has 0 aromatic heterocycles. The Bertz CT molecular complexity index is 401. The molecule has 0 atom stereocenters. The minimum Gasteiger partial charge on any atom is -0.392 e. The number of rotatable bonds is 6. The lowest BCUT2D eigenvalue weighted by atomic mass is 9.93. The first-order valence-electron chi connectivity index (χ1n) is 6.31. The van der Waals surface area contributed by atoms with Crippen molar-refractivity contribution in [3.8, 4) is 0 Å². The average molecular weight is 250 g/mol. The minimum absolute atomic E-state index is 0.00648. The molecule has 1 aromatic carbocycles. The molecule has 0 aliphatic heterocycles. The number of nitrogens with two attached hydrogens (primary N) is 1. The summed E-state index contributed by atoms with van der Waals surface area (Å²) in [6.07, 6.45) is 1.23. The number of aliphatic hydroxyl groups is 1. The second-order valence-corrected chi connectivity index (χ2v) is 4.52. The Morgan fingerprint density at radius 3 is 2.50 bits per heavy atom. The summed E-state index contributed by atoms with van der Waals surface area (Å²) in [5.41, 5.74) is 7.03. The number of hydrogen-bond donors (Lipinski definition) is 3. The van der Waals surface area contributed by atoms with Gasteiger partial charge in [0.2, 0.25) is 5.91 Å². The lowest BCUT2D eigenvalue weighted by Crippen LogP contribution is -2.52. The summed E-state index contributed by atoms with van der Waals surface area (Å²) in [6, 6.07) is 7.49. The second kappa shape index (κ2) is 6.52. The van der Waals surface area contributed by atoms with Crippen LogP contribution in [0.2, 0.25) is 0 Å². The van der Waals surface area contributed by atoms with Gasteiger partial charge in [0.25, 0.3) is 0 Å². The number of amides is 1. The molecule has 1 rings (SSSR count). The van der Waals surface area contributed by atoms with Crippen LogP contribution in [-0.2, 0) is 17.9 Å². The Labute approximate surface area is 108 Å². The van der Waals surface area contributed by atoms with E-state index in [4.69, 9.17) is 10.8 Å². The van der Waals surface area contributed by atoms with Crippen molar-refractivity contribution in [2.24, 2.45) is 5.73 Å². The zero-order chi connectivity index (χ0) is 13.6. The van der Waals surface area contributed by atoms with Crippen LogP contribution in [0.5, 0.6) is 0 Å². The van der Waals surface area contributed by atoms with Crippen LogP contribution in [0.3, 0.4) is 0 Å². The van der Waals surface area contributed by atoms with Crippen molar-refractivity contribution in [1.29, 1.82) is 0 Å². The molecule has 1 aromatic rings. The highest BCUT2D eigenvalue weighted by Crippen LogP contribution is 2.12. The van der Waals surface area contributed by atoms with Crippen LogP contribution in [0, 0.1) is 0 Å². The van der Waals surface area contributed by atoms with E-state index in [1.165, 1.54) is 0 Å². The van der Waals surface area contributed by atoms with Gasteiger partial charge in [0, 0.05) is 6.54 Å². The molecular weight excluding hydrogens is 228 g/mol. The summed E-state index contributed by atoms with van der Waals surface area (Å²) >= 11 is 0. The molecule has 0 fully saturated rings. The van der Waals surface area contributed by atoms with Crippen LogP contribution in [0.25, 0.3) is 0 Å². The third-order valence-corrected chi connectivity index (χ3v) is 3.34. The first-order chi connectivity index (χ1) is 8.55. The van der Waals surface area contributed by atoms with E-state index in [9.17, 15) is 4.79 Å². The fraction of sp³-hybridized carbons (Fsp3) is 0.500. The van der Waals surface area contributed by atoms with Gasteiger partial charge in [-0.25, -0.2) is 0 Å². The van der Waals surface area contributed by atoms with Crippen molar-refractivity contribution in [2.75, 3.05) is 0 Å². The fourth-order valence-corrected chi connectivity index (χ4v) is 1.77. The van der Waals surface area contributed by atoms with Gasteiger partial charge in [-0.05, 0) is 24.0 Å². The maximum absolute atomic E-state index is 12.0. The van der Waals surface area contributed by atoms with E-state index in [1.807, 2.05) is 38.1 Å². The summed E-state index contributed by atoms with van der Waals surface area (Å²) < 4.78 is 0. The van der Waals surface area contributed by atoms with E-state index in [2.05, 4.69) is 5.32 Å². The summed E-state index contributed by atoms with van der Waals surface area (Å²) in [6.45, 7) is 4.27. The molecule has 0 saturated heterocycles. The van der Waals surface area contributed by atoms with Crippen LogP contribution >= 0.6 is 0 Å². The van der Waals surface area contributed by atoms with Crippen LogP contribution in [0.15, 0.2) is 24.3 Å². The molecule has 4 N–H and O–H groups in total. The van der Waals surface area contributed by atoms with Gasteiger partial charge in [-0.1, -0.05) is 38.1 Å². The Balaban J connectivity index is 2.62. The highest BCUT2D eigenvalue weighted by Gasteiger charge is 2.29. The SMILES string of the molecule is CCC(N)(CC)C(=O)NCc1cccc(CO)c1. The van der Waals surface area contributed by atoms with E-state index in [-0.39, 0.29) is 12.5 Å². The first kappa shape index (κ1) is 14.7. The Hall–Kier alpha value is -1.39. The van der Waals surface area contributed by atoms with Crippen molar-refractivity contribution in [1.82, 2.24) is 5.32 Å². The second-order valence-electron chi connectivity index (χ2n) is 4.52. The monoisotopic (exact) mass is 250 g/mol. The lowest BCUT2D eigenvalue weighted by Gasteiger charge is -2.25. The van der Waals surface area contributed by atoms with Gasteiger partial charge >= 0.3 is 0 Å². The van der Waals surface area contributed by atoms with Gasteiger partial charge < -0.3 is 16.2 Å². The van der Waals surface area contributed by atoms with E-state index in [1.54, 1.807) is 0 Å². The molecule has 18 heavy (non-hydrogen) atoms. The number of carbonyl (C=O) groups is 1. The maximum atomic E-state index is 12.0. The molecule has 0 radical (unpaired) electrons. The number of aliphatic hydroxyl groups excluding tert-OH is 1. The number of carbonyl (C=O) groups excluding carboxylic acids is 1. The lowest BCUT2D eigenvalue weighted by molar-refractivity contribution is -0.126. The Morgan fingerprint density at radius 2 is 1.94 bits per heavy atom. The van der Waals surface area contributed by atoms with Gasteiger partial charge in [-0.15, -0.1) is 0 Å². The van der Waals surface area contributed by atoms with Gasteiger partial charge in [0.15, 0.2) is 0 Å². The third-order valence-electron chi connectivity index (χ3n) is 3.34. The number of nitrogens with one attached hydrogen (secondary N) is 1. The van der Waals surface area contributed by atoms with Crippen molar-refractivity contribution in [2.45, 2.75) is 45.4 Å². The molecule has 0 aliphatic rings. The van der Waals surface area contributed by atoms with Crippen molar-refractivity contribution in [3.63, 3.8) is 0 Å². The molecule has 0 saturated carbocycles. The van der Waals surface area contributed by atoms with Crippen molar-refractivity contribution in [3.05, 3.63) is 35.4 Å². The molecule has 4 nitrogen and oxygen atoms in total. The van der Waals surface area contributed by atoms with Gasteiger partial charge in [0.05, 0.1) is 12.1 Å². The summed E-state index contributed by atoms with van der Waals surface area (Å²) in [5, 5.41) is 11.9. The highest BCUT2D eigenvalue weighted by molar-refractivity contribution is 5.85. The average Bonchev–Trinajstić information content (AvgIpc) is 2.43. The van der Waals surface area contributed by atoms with E-state index in [0.717, 1.165) is 11.1 Å². The van der Waals surface area contributed by atoms with Gasteiger partial charge in [0.1, 0.15) is 0 Å². The van der Waals surface area contributed by atoms with Crippen molar-refractivity contribution < 1.29 is 9.90 Å². The minimum atomic E-state index is -0.783. The molecule has 1 amide bonds.